The first kappa shape index (κ1) is 15.4. The summed E-state index contributed by atoms with van der Waals surface area (Å²) >= 11 is 0. The van der Waals surface area contributed by atoms with Gasteiger partial charge in [0.1, 0.15) is 0 Å². The van der Waals surface area contributed by atoms with E-state index in [-0.39, 0.29) is 11.0 Å². The second-order valence-electron chi connectivity index (χ2n) is 6.63. The van der Waals surface area contributed by atoms with Gasteiger partial charge in [-0.1, -0.05) is 20.8 Å². The average Bonchev–Trinajstić information content (AvgIpc) is 2.09. The van der Waals surface area contributed by atoms with Gasteiger partial charge in [-0.25, -0.2) is 4.39 Å². The summed E-state index contributed by atoms with van der Waals surface area (Å²) in [6.07, 6.45) is -0.343. The fourth-order valence-corrected chi connectivity index (χ4v) is 1.22. The number of amides is 1. The lowest BCUT2D eigenvalue weighted by Gasteiger charge is -2.33. The lowest BCUT2D eigenvalue weighted by molar-refractivity contribution is -0.139. The van der Waals surface area contributed by atoms with Gasteiger partial charge in [0.25, 0.3) is 5.91 Å². The number of nitrogens with zero attached hydrogens (tertiary/aromatic N) is 1. The summed E-state index contributed by atoms with van der Waals surface area (Å²) in [5.74, 6) is -0.406. The third-order valence-electron chi connectivity index (χ3n) is 2.75. The number of rotatable bonds is 3. The lowest BCUT2D eigenvalue weighted by Crippen LogP contribution is -2.46. The highest BCUT2D eigenvalue weighted by molar-refractivity contribution is 5.81. The van der Waals surface area contributed by atoms with Crippen LogP contribution in [-0.4, -0.2) is 29.6 Å². The van der Waals surface area contributed by atoms with Crippen LogP contribution in [0.1, 0.15) is 54.4 Å². The Hall–Kier alpha value is -0.600. The molecule has 0 spiro atoms. The van der Waals surface area contributed by atoms with E-state index in [0.717, 1.165) is 6.42 Å². The van der Waals surface area contributed by atoms with Crippen molar-refractivity contribution in [2.75, 3.05) is 7.05 Å². The maximum atomic E-state index is 13.7. The largest absolute Gasteiger partial charge is 0.338 e. The van der Waals surface area contributed by atoms with E-state index < -0.39 is 12.1 Å². The highest BCUT2D eigenvalue weighted by atomic mass is 19.1. The van der Waals surface area contributed by atoms with E-state index in [2.05, 4.69) is 20.8 Å². The van der Waals surface area contributed by atoms with Crippen LogP contribution >= 0.6 is 0 Å². The van der Waals surface area contributed by atoms with Crippen molar-refractivity contribution in [1.29, 1.82) is 0 Å². The van der Waals surface area contributed by atoms with E-state index in [0.29, 0.717) is 6.42 Å². The first-order valence-corrected chi connectivity index (χ1v) is 5.87. The van der Waals surface area contributed by atoms with E-state index in [1.54, 1.807) is 7.05 Å². The highest BCUT2D eigenvalue weighted by Crippen LogP contribution is 2.24. The molecule has 0 unspecified atom stereocenters. The molecule has 0 fully saturated rings. The van der Waals surface area contributed by atoms with Crippen molar-refractivity contribution >= 4 is 5.91 Å². The maximum Gasteiger partial charge on any atom is 0.257 e. The molecule has 0 rings (SSSR count). The van der Waals surface area contributed by atoms with Crippen molar-refractivity contribution in [2.24, 2.45) is 5.41 Å². The molecule has 0 aromatic rings. The van der Waals surface area contributed by atoms with Gasteiger partial charge in [0.15, 0.2) is 6.17 Å². The fraction of sp³-hybridized carbons (Fsp3) is 0.923. The van der Waals surface area contributed by atoms with Crippen LogP contribution in [0.15, 0.2) is 0 Å². The zero-order chi connectivity index (χ0) is 13.1. The van der Waals surface area contributed by atoms with Crippen LogP contribution in [0.3, 0.4) is 0 Å². The van der Waals surface area contributed by atoms with Crippen molar-refractivity contribution < 1.29 is 9.18 Å². The Morgan fingerprint density at radius 2 is 1.62 bits per heavy atom. The molecule has 0 bridgehead atoms. The van der Waals surface area contributed by atoms with Gasteiger partial charge in [0.05, 0.1) is 0 Å². The van der Waals surface area contributed by atoms with Crippen molar-refractivity contribution in [1.82, 2.24) is 4.90 Å². The fourth-order valence-electron chi connectivity index (χ4n) is 1.22. The number of hydrogen-bond donors (Lipinski definition) is 0. The smallest absolute Gasteiger partial charge is 0.257 e. The summed E-state index contributed by atoms with van der Waals surface area (Å²) in [5.41, 5.74) is -0.242. The minimum absolute atomic E-state index is 0.0743. The van der Waals surface area contributed by atoms with Gasteiger partial charge in [0, 0.05) is 12.6 Å². The van der Waals surface area contributed by atoms with E-state index in [1.165, 1.54) is 4.90 Å². The quantitative estimate of drug-likeness (QED) is 0.729. The Kier molecular flexibility index (Phi) is 4.96. The van der Waals surface area contributed by atoms with Gasteiger partial charge in [-0.3, -0.25) is 4.79 Å². The molecule has 0 aliphatic carbocycles. The normalized spacial score (nSPS) is 14.8. The second kappa shape index (κ2) is 5.15. The van der Waals surface area contributed by atoms with Crippen molar-refractivity contribution in [3.05, 3.63) is 0 Å². The van der Waals surface area contributed by atoms with E-state index >= 15 is 0 Å². The number of halogens is 1. The topological polar surface area (TPSA) is 20.3 Å². The Labute approximate surface area is 99.2 Å². The minimum Gasteiger partial charge on any atom is -0.338 e. The van der Waals surface area contributed by atoms with Crippen LogP contribution in [0.25, 0.3) is 0 Å². The molecule has 96 valence electrons. The molecule has 0 saturated heterocycles. The predicted octanol–water partition coefficient (Wildman–Crippen LogP) is 3.41. The molecular formula is C13H26FNO. The number of hydrogen-bond acceptors (Lipinski definition) is 1. The average molecular weight is 231 g/mol. The van der Waals surface area contributed by atoms with Crippen LogP contribution in [0.4, 0.5) is 4.39 Å². The molecule has 0 aromatic heterocycles. The molecule has 2 nitrogen and oxygen atoms in total. The van der Waals surface area contributed by atoms with Gasteiger partial charge < -0.3 is 4.90 Å². The molecule has 0 radical (unpaired) electrons. The molecule has 1 atom stereocenters. The lowest BCUT2D eigenvalue weighted by atomic mass is 9.89. The highest BCUT2D eigenvalue weighted by Gasteiger charge is 2.29. The molecule has 0 aliphatic rings. The van der Waals surface area contributed by atoms with Gasteiger partial charge >= 0.3 is 0 Å². The first-order chi connectivity index (χ1) is 6.95. The number of carbonyl (C=O) groups excluding carboxylic acids is 1. The molecule has 0 N–H and O–H groups in total. The molecule has 0 aliphatic heterocycles. The standard InChI is InChI=1S/C13H26FNO/c1-12(2,3)9-8-10(14)11(16)15(7)13(4,5)6/h10H,8-9H2,1-7H3/t10-/m1/s1. The molecule has 16 heavy (non-hydrogen) atoms. The van der Waals surface area contributed by atoms with Gasteiger partial charge in [0.2, 0.25) is 0 Å². The molecule has 0 heterocycles. The van der Waals surface area contributed by atoms with Crippen molar-refractivity contribution in [3.8, 4) is 0 Å². The van der Waals surface area contributed by atoms with E-state index in [1.807, 2.05) is 20.8 Å². The Bertz CT molecular complexity index is 237. The van der Waals surface area contributed by atoms with Crippen LogP contribution in [0.2, 0.25) is 0 Å². The van der Waals surface area contributed by atoms with Gasteiger partial charge in [-0.05, 0) is 39.0 Å². The van der Waals surface area contributed by atoms with E-state index in [4.69, 9.17) is 0 Å². The summed E-state index contributed by atoms with van der Waals surface area (Å²) in [6.45, 7) is 11.9. The summed E-state index contributed by atoms with van der Waals surface area (Å²) in [5, 5.41) is 0. The minimum atomic E-state index is -1.37. The van der Waals surface area contributed by atoms with Gasteiger partial charge in [-0.15, -0.1) is 0 Å². The van der Waals surface area contributed by atoms with Crippen molar-refractivity contribution in [2.45, 2.75) is 66.1 Å². The Morgan fingerprint density at radius 1 is 1.19 bits per heavy atom. The molecule has 0 aromatic carbocycles. The predicted molar refractivity (Wildman–Crippen MR) is 66.1 cm³/mol. The first-order valence-electron chi connectivity index (χ1n) is 5.87. The van der Waals surface area contributed by atoms with Crippen LogP contribution < -0.4 is 0 Å². The van der Waals surface area contributed by atoms with Crippen LogP contribution in [0.5, 0.6) is 0 Å². The zero-order valence-corrected chi connectivity index (χ0v) is 11.7. The second-order valence-corrected chi connectivity index (χ2v) is 6.63. The molecular weight excluding hydrogens is 205 g/mol. The zero-order valence-electron chi connectivity index (χ0n) is 11.7. The summed E-state index contributed by atoms with van der Waals surface area (Å²) < 4.78 is 13.7. The van der Waals surface area contributed by atoms with Crippen LogP contribution in [-0.2, 0) is 4.79 Å². The van der Waals surface area contributed by atoms with Gasteiger partial charge in [-0.2, -0.15) is 0 Å². The number of alkyl halides is 1. The number of carbonyl (C=O) groups is 1. The third-order valence-corrected chi connectivity index (χ3v) is 2.75. The maximum absolute atomic E-state index is 13.7. The van der Waals surface area contributed by atoms with E-state index in [9.17, 15) is 9.18 Å². The monoisotopic (exact) mass is 231 g/mol. The molecule has 0 saturated carbocycles. The van der Waals surface area contributed by atoms with Crippen molar-refractivity contribution in [3.63, 3.8) is 0 Å². The molecule has 1 amide bonds. The third kappa shape index (κ3) is 5.47. The summed E-state index contributed by atoms with van der Waals surface area (Å²) in [7, 11) is 1.66. The SMILES string of the molecule is CN(C(=O)[C@H](F)CCC(C)(C)C)C(C)(C)C. The summed E-state index contributed by atoms with van der Waals surface area (Å²) in [6, 6.07) is 0. The van der Waals surface area contributed by atoms with Crippen LogP contribution in [0, 0.1) is 5.41 Å². The Morgan fingerprint density at radius 3 is 1.94 bits per heavy atom. The summed E-state index contributed by atoms with van der Waals surface area (Å²) in [4.78, 5) is 13.2. The molecule has 3 heteroatoms. The Balaban J connectivity index is 4.30.